The maximum atomic E-state index is 11.3. The van der Waals surface area contributed by atoms with Gasteiger partial charge in [0.2, 0.25) is 9.58 Å². The van der Waals surface area contributed by atoms with E-state index in [1.165, 1.54) is 0 Å². The largest absolute Gasteiger partial charge is 0.480 e. The van der Waals surface area contributed by atoms with Crippen LogP contribution in [0.4, 0.5) is 0 Å². The van der Waals surface area contributed by atoms with Gasteiger partial charge in [-0.25, -0.2) is 0 Å². The summed E-state index contributed by atoms with van der Waals surface area (Å²) in [6.07, 6.45) is 0.824. The molecule has 0 saturated heterocycles. The first-order chi connectivity index (χ1) is 7.16. The number of rotatable bonds is 6. The van der Waals surface area contributed by atoms with E-state index in [4.69, 9.17) is 51.4 Å². The molecule has 0 fully saturated rings. The highest BCUT2D eigenvalue weighted by molar-refractivity contribution is 6.76. The minimum Gasteiger partial charge on any atom is -0.480 e. The van der Waals surface area contributed by atoms with Crippen LogP contribution in [0.1, 0.15) is 19.3 Å². The summed E-state index contributed by atoms with van der Waals surface area (Å²) in [6.45, 7) is 0. The summed E-state index contributed by atoms with van der Waals surface area (Å²) in [5, 5.41) is 8.50. The summed E-state index contributed by atoms with van der Waals surface area (Å²) in [4.78, 5) is 21.7. The van der Waals surface area contributed by atoms with Crippen LogP contribution in [0.5, 0.6) is 0 Å². The molecule has 0 saturated carbocycles. The molecule has 5 N–H and O–H groups in total. The van der Waals surface area contributed by atoms with Crippen molar-refractivity contribution in [2.45, 2.75) is 35.1 Å². The van der Waals surface area contributed by atoms with Crippen LogP contribution >= 0.6 is 34.8 Å². The van der Waals surface area contributed by atoms with Crippen LogP contribution in [-0.2, 0) is 9.59 Å². The van der Waals surface area contributed by atoms with Gasteiger partial charge in [0, 0.05) is 0 Å². The lowest BCUT2D eigenvalue weighted by Gasteiger charge is -2.16. The van der Waals surface area contributed by atoms with Crippen molar-refractivity contribution >= 4 is 46.6 Å². The van der Waals surface area contributed by atoms with Crippen LogP contribution in [0, 0.1) is 0 Å². The van der Waals surface area contributed by atoms with Crippen molar-refractivity contribution in [3.63, 3.8) is 0 Å². The predicted molar refractivity (Wildman–Crippen MR) is 62.7 cm³/mol. The highest BCUT2D eigenvalue weighted by Crippen LogP contribution is 2.28. The molecule has 0 amide bonds. The van der Waals surface area contributed by atoms with E-state index >= 15 is 0 Å². The smallest absolute Gasteiger partial charge is 0.320 e. The van der Waals surface area contributed by atoms with Gasteiger partial charge in [-0.05, 0) is 19.3 Å². The second-order valence-corrected chi connectivity index (χ2v) is 5.63. The van der Waals surface area contributed by atoms with Gasteiger partial charge in [0.1, 0.15) is 6.04 Å². The molecule has 16 heavy (non-hydrogen) atoms. The standard InChI is InChI=1S/C8H13Cl3N2O3/c9-8(10,11)6(14)4(12)2-1-3-5(13)7(15)16/h4-5H,1-3,12-13H2,(H,15,16)/t4?,5-/m0/s1. The van der Waals surface area contributed by atoms with E-state index in [2.05, 4.69) is 0 Å². The van der Waals surface area contributed by atoms with Gasteiger partial charge in [0.15, 0.2) is 0 Å². The molecule has 5 nitrogen and oxygen atoms in total. The maximum Gasteiger partial charge on any atom is 0.320 e. The first-order valence-corrected chi connectivity index (χ1v) is 5.64. The SMILES string of the molecule is NC(CCC[C@H](N)C(=O)O)C(=O)C(Cl)(Cl)Cl. The van der Waals surface area contributed by atoms with E-state index in [0.717, 1.165) is 0 Å². The first kappa shape index (κ1) is 15.9. The maximum absolute atomic E-state index is 11.3. The molecule has 2 atom stereocenters. The molecule has 0 spiro atoms. The molecule has 0 aliphatic carbocycles. The van der Waals surface area contributed by atoms with Crippen molar-refractivity contribution in [1.29, 1.82) is 0 Å². The molecule has 94 valence electrons. The number of Topliss-reactive ketones (excluding diaryl/α,β-unsaturated/α-hetero) is 1. The predicted octanol–water partition coefficient (Wildman–Crippen LogP) is 0.835. The third kappa shape index (κ3) is 5.86. The number of nitrogens with two attached hydrogens (primary N) is 2. The zero-order chi connectivity index (χ0) is 12.9. The molecule has 8 heteroatoms. The lowest BCUT2D eigenvalue weighted by atomic mass is 10.0. The number of halogens is 3. The van der Waals surface area contributed by atoms with Gasteiger partial charge in [-0.2, -0.15) is 0 Å². The monoisotopic (exact) mass is 290 g/mol. The third-order valence-corrected chi connectivity index (χ3v) is 2.52. The Bertz CT molecular complexity index is 268. The fourth-order valence-electron chi connectivity index (χ4n) is 1.02. The van der Waals surface area contributed by atoms with E-state index in [-0.39, 0.29) is 12.8 Å². The van der Waals surface area contributed by atoms with Crippen LogP contribution in [0.25, 0.3) is 0 Å². The van der Waals surface area contributed by atoms with Gasteiger partial charge in [-0.3, -0.25) is 9.59 Å². The number of aliphatic carboxylic acids is 1. The summed E-state index contributed by atoms with van der Waals surface area (Å²) in [7, 11) is 0. The summed E-state index contributed by atoms with van der Waals surface area (Å²) < 4.78 is -2.03. The van der Waals surface area contributed by atoms with Crippen LogP contribution in [0.2, 0.25) is 0 Å². The Kier molecular flexibility index (Phi) is 6.58. The third-order valence-electron chi connectivity index (χ3n) is 1.96. The summed E-state index contributed by atoms with van der Waals surface area (Å²) in [5.74, 6) is -1.80. The number of alkyl halides is 3. The molecule has 0 aromatic heterocycles. The van der Waals surface area contributed by atoms with E-state index in [0.29, 0.717) is 6.42 Å². The van der Waals surface area contributed by atoms with Crippen LogP contribution in [0.3, 0.4) is 0 Å². The van der Waals surface area contributed by atoms with E-state index < -0.39 is 27.6 Å². The van der Waals surface area contributed by atoms with E-state index in [1.54, 1.807) is 0 Å². The van der Waals surface area contributed by atoms with E-state index in [1.807, 2.05) is 0 Å². The minimum atomic E-state index is -2.03. The number of hydrogen-bond acceptors (Lipinski definition) is 4. The average molecular weight is 292 g/mol. The number of hydrogen-bond donors (Lipinski definition) is 3. The van der Waals surface area contributed by atoms with Gasteiger partial charge in [-0.1, -0.05) is 34.8 Å². The topological polar surface area (TPSA) is 106 Å². The van der Waals surface area contributed by atoms with Crippen LogP contribution < -0.4 is 11.5 Å². The number of carbonyl (C=O) groups excluding carboxylic acids is 1. The quantitative estimate of drug-likeness (QED) is 0.629. The molecule has 1 unspecified atom stereocenters. The molecule has 0 aliphatic heterocycles. The molecule has 0 heterocycles. The summed E-state index contributed by atoms with van der Waals surface area (Å²) in [5.41, 5.74) is 10.7. The summed E-state index contributed by atoms with van der Waals surface area (Å²) in [6, 6.07) is -1.89. The molecule has 0 aromatic rings. The zero-order valence-corrected chi connectivity index (χ0v) is 10.6. The van der Waals surface area contributed by atoms with Crippen LogP contribution in [0.15, 0.2) is 0 Å². The van der Waals surface area contributed by atoms with Crippen molar-refractivity contribution in [2.24, 2.45) is 11.5 Å². The second-order valence-electron chi connectivity index (χ2n) is 3.34. The Morgan fingerprint density at radius 3 is 1.94 bits per heavy atom. The fourth-order valence-corrected chi connectivity index (χ4v) is 1.44. The second kappa shape index (κ2) is 6.61. The molecule has 0 radical (unpaired) electrons. The van der Waals surface area contributed by atoms with Gasteiger partial charge in [0.05, 0.1) is 6.04 Å². The molecule has 0 rings (SSSR count). The molecule has 0 bridgehead atoms. The van der Waals surface area contributed by atoms with Crippen molar-refractivity contribution in [3.8, 4) is 0 Å². The Morgan fingerprint density at radius 1 is 1.12 bits per heavy atom. The first-order valence-electron chi connectivity index (χ1n) is 4.51. The van der Waals surface area contributed by atoms with Crippen molar-refractivity contribution in [2.75, 3.05) is 0 Å². The lowest BCUT2D eigenvalue weighted by molar-refractivity contribution is -0.138. The highest BCUT2D eigenvalue weighted by Gasteiger charge is 2.34. The number of ketones is 1. The van der Waals surface area contributed by atoms with Gasteiger partial charge < -0.3 is 16.6 Å². The number of carboxylic acid groups (broad SMARTS) is 1. The normalized spacial score (nSPS) is 15.6. The van der Waals surface area contributed by atoms with E-state index in [9.17, 15) is 9.59 Å². The van der Waals surface area contributed by atoms with Gasteiger partial charge >= 0.3 is 5.97 Å². The molecule has 0 aromatic carbocycles. The van der Waals surface area contributed by atoms with Crippen molar-refractivity contribution < 1.29 is 14.7 Å². The fraction of sp³-hybridized carbons (Fsp3) is 0.750. The Labute approximate surface area is 108 Å². The molecule has 0 aliphatic rings. The molecular weight excluding hydrogens is 278 g/mol. The number of carboxylic acids is 1. The lowest BCUT2D eigenvalue weighted by Crippen LogP contribution is -2.39. The van der Waals surface area contributed by atoms with Crippen molar-refractivity contribution in [3.05, 3.63) is 0 Å². The number of carbonyl (C=O) groups is 2. The molecular formula is C8H13Cl3N2O3. The summed E-state index contributed by atoms with van der Waals surface area (Å²) >= 11 is 16.1. The minimum absolute atomic E-state index is 0.218. The Hall–Kier alpha value is -0.0700. The van der Waals surface area contributed by atoms with Crippen molar-refractivity contribution in [1.82, 2.24) is 0 Å². The zero-order valence-electron chi connectivity index (χ0n) is 8.33. The average Bonchev–Trinajstić information content (AvgIpc) is 2.14. The Morgan fingerprint density at radius 2 is 1.56 bits per heavy atom. The van der Waals surface area contributed by atoms with Crippen LogP contribution in [-0.4, -0.2) is 32.7 Å². The highest BCUT2D eigenvalue weighted by atomic mass is 35.6. The van der Waals surface area contributed by atoms with Gasteiger partial charge in [0.25, 0.3) is 0 Å². The Balaban J connectivity index is 3.95. The van der Waals surface area contributed by atoms with Gasteiger partial charge in [-0.15, -0.1) is 0 Å².